The number of para-hydroxylation sites is 1. The molecule has 1 aromatic heterocycles. The molecule has 0 bridgehead atoms. The van der Waals surface area contributed by atoms with Crippen molar-refractivity contribution in [3.05, 3.63) is 64.3 Å². The summed E-state index contributed by atoms with van der Waals surface area (Å²) in [5.41, 5.74) is 4.98. The number of aliphatic imine (C=N–C) groups is 1. The first-order valence-electron chi connectivity index (χ1n) is 7.44. The summed E-state index contributed by atoms with van der Waals surface area (Å²) in [6.07, 6.45) is 1.81. The van der Waals surface area contributed by atoms with Crippen LogP contribution in [0.4, 0.5) is 5.69 Å². The topological polar surface area (TPSA) is 58.6 Å². The molecule has 4 nitrogen and oxygen atoms in total. The Morgan fingerprint density at radius 2 is 1.96 bits per heavy atom. The van der Waals surface area contributed by atoms with Gasteiger partial charge in [-0.05, 0) is 37.3 Å². The molecule has 0 unspecified atom stereocenters. The molecule has 2 aromatic carbocycles. The highest BCUT2D eigenvalue weighted by atomic mass is 79.9. The van der Waals surface area contributed by atoms with Crippen LogP contribution in [0.2, 0.25) is 0 Å². The minimum absolute atomic E-state index is 0.199. The van der Waals surface area contributed by atoms with Gasteiger partial charge < -0.3 is 9.52 Å². The summed E-state index contributed by atoms with van der Waals surface area (Å²) in [7, 11) is 0. The van der Waals surface area contributed by atoms with Gasteiger partial charge in [-0.2, -0.15) is 0 Å². The van der Waals surface area contributed by atoms with E-state index in [2.05, 4.69) is 25.9 Å². The lowest BCUT2D eigenvalue weighted by Crippen LogP contribution is -1.90. The molecular formula is C19H13BrN2O2. The molecule has 4 rings (SSSR count). The highest BCUT2D eigenvalue weighted by Gasteiger charge is 2.20. The fraction of sp³-hybridized carbons (Fsp3) is 0.0526. The minimum atomic E-state index is -0.199. The number of oxazole rings is 1. The first kappa shape index (κ1) is 14.9. The largest absolute Gasteiger partial charge is 0.479 e. The van der Waals surface area contributed by atoms with Crippen molar-refractivity contribution in [1.29, 1.82) is 0 Å². The van der Waals surface area contributed by atoms with E-state index in [0.717, 1.165) is 32.6 Å². The smallest absolute Gasteiger partial charge is 0.310 e. The quantitative estimate of drug-likeness (QED) is 0.642. The summed E-state index contributed by atoms with van der Waals surface area (Å²) in [4.78, 5) is 8.96. The molecular weight excluding hydrogens is 368 g/mol. The Morgan fingerprint density at radius 3 is 2.79 bits per heavy atom. The first-order chi connectivity index (χ1) is 11.6. The molecule has 0 radical (unpaired) electrons. The van der Waals surface area contributed by atoms with E-state index in [0.29, 0.717) is 11.6 Å². The number of benzene rings is 2. The lowest BCUT2D eigenvalue weighted by atomic mass is 10.0. The van der Waals surface area contributed by atoms with Crippen molar-refractivity contribution < 1.29 is 9.52 Å². The molecule has 0 saturated heterocycles. The Morgan fingerprint density at radius 1 is 1.12 bits per heavy atom. The maximum atomic E-state index is 10.1. The van der Waals surface area contributed by atoms with E-state index in [-0.39, 0.29) is 5.95 Å². The van der Waals surface area contributed by atoms with Gasteiger partial charge in [-0.1, -0.05) is 40.2 Å². The van der Waals surface area contributed by atoms with Gasteiger partial charge in [0, 0.05) is 26.9 Å². The van der Waals surface area contributed by atoms with Gasteiger partial charge in [0.25, 0.3) is 0 Å². The van der Waals surface area contributed by atoms with Crippen LogP contribution in [0, 0.1) is 0 Å². The normalized spacial score (nSPS) is 14.8. The van der Waals surface area contributed by atoms with Crippen molar-refractivity contribution in [2.24, 2.45) is 4.99 Å². The number of halogens is 1. The molecule has 5 heteroatoms. The first-order valence-corrected chi connectivity index (χ1v) is 8.23. The molecule has 2 heterocycles. The highest BCUT2D eigenvalue weighted by molar-refractivity contribution is 9.10. The van der Waals surface area contributed by atoms with Gasteiger partial charge >= 0.3 is 5.95 Å². The third-order valence-electron chi connectivity index (χ3n) is 3.86. The molecule has 0 fully saturated rings. The molecule has 0 saturated carbocycles. The number of aromatic nitrogens is 1. The third kappa shape index (κ3) is 2.57. The fourth-order valence-electron chi connectivity index (χ4n) is 2.72. The Kier molecular flexibility index (Phi) is 3.58. The second kappa shape index (κ2) is 5.76. The summed E-state index contributed by atoms with van der Waals surface area (Å²) in [5, 5.41) is 10.1. The maximum absolute atomic E-state index is 10.1. The van der Waals surface area contributed by atoms with Crippen molar-refractivity contribution in [3.63, 3.8) is 0 Å². The lowest BCUT2D eigenvalue weighted by molar-refractivity contribution is 0.336. The summed E-state index contributed by atoms with van der Waals surface area (Å²) < 4.78 is 6.35. The summed E-state index contributed by atoms with van der Waals surface area (Å²) in [6, 6.07) is 15.5. The molecule has 0 aliphatic carbocycles. The van der Waals surface area contributed by atoms with Gasteiger partial charge in [-0.15, -0.1) is 0 Å². The van der Waals surface area contributed by atoms with E-state index in [4.69, 9.17) is 4.42 Å². The van der Waals surface area contributed by atoms with Crippen LogP contribution in [-0.2, 0) is 0 Å². The number of allylic oxidation sites excluding steroid dienone is 1. The number of aromatic hydroxyl groups is 1. The van der Waals surface area contributed by atoms with Gasteiger partial charge in [0.15, 0.2) is 0 Å². The average molecular weight is 381 g/mol. The van der Waals surface area contributed by atoms with Crippen LogP contribution in [0.15, 0.2) is 62.4 Å². The fourth-order valence-corrected chi connectivity index (χ4v) is 3.12. The standard InChI is InChI=1S/C19H13BrN2O2/c1-11-15(14-7-2-3-8-16(14)21-11)10-17-19(23)24-18(22-17)12-5-4-6-13(20)9-12/h2-10,23H,1H3. The van der Waals surface area contributed by atoms with Gasteiger partial charge in [-0.25, -0.2) is 4.98 Å². The molecule has 0 spiro atoms. The average Bonchev–Trinajstić information content (AvgIpc) is 3.09. The molecule has 118 valence electrons. The molecule has 0 amide bonds. The van der Waals surface area contributed by atoms with E-state index >= 15 is 0 Å². The van der Waals surface area contributed by atoms with Crippen LogP contribution in [0.5, 0.6) is 5.95 Å². The van der Waals surface area contributed by atoms with Crippen molar-refractivity contribution in [1.82, 2.24) is 4.98 Å². The van der Waals surface area contributed by atoms with Gasteiger partial charge in [0.1, 0.15) is 5.69 Å². The van der Waals surface area contributed by atoms with Crippen molar-refractivity contribution in [2.45, 2.75) is 6.92 Å². The number of hydrogen-bond acceptors (Lipinski definition) is 4. The van der Waals surface area contributed by atoms with Crippen LogP contribution >= 0.6 is 15.9 Å². The van der Waals surface area contributed by atoms with Gasteiger partial charge in [0.2, 0.25) is 5.89 Å². The number of rotatable bonds is 2. The number of nitrogens with zero attached hydrogens (tertiary/aromatic N) is 2. The Hall–Kier alpha value is -2.66. The summed E-state index contributed by atoms with van der Waals surface area (Å²) in [5.74, 6) is 0.177. The second-order valence-corrected chi connectivity index (χ2v) is 6.41. The highest BCUT2D eigenvalue weighted by Crippen LogP contribution is 2.37. The van der Waals surface area contributed by atoms with Crippen LogP contribution in [0.3, 0.4) is 0 Å². The van der Waals surface area contributed by atoms with Crippen LogP contribution in [0.25, 0.3) is 23.1 Å². The van der Waals surface area contributed by atoms with E-state index < -0.39 is 0 Å². The number of fused-ring (bicyclic) bond motifs is 1. The Bertz CT molecular complexity index is 1000. The molecule has 3 aromatic rings. The third-order valence-corrected chi connectivity index (χ3v) is 4.35. The molecule has 1 aliphatic heterocycles. The predicted octanol–water partition coefficient (Wildman–Crippen LogP) is 5.46. The van der Waals surface area contributed by atoms with Crippen LogP contribution in [-0.4, -0.2) is 15.8 Å². The molecule has 1 N–H and O–H groups in total. The van der Waals surface area contributed by atoms with E-state index in [1.807, 2.05) is 61.5 Å². The van der Waals surface area contributed by atoms with Gasteiger partial charge in [0.05, 0.1) is 5.69 Å². The van der Waals surface area contributed by atoms with Crippen molar-refractivity contribution in [3.8, 4) is 17.4 Å². The number of hydrogen-bond donors (Lipinski definition) is 1. The molecule has 1 aliphatic rings. The zero-order valence-corrected chi connectivity index (χ0v) is 14.4. The van der Waals surface area contributed by atoms with E-state index in [9.17, 15) is 5.11 Å². The molecule has 24 heavy (non-hydrogen) atoms. The predicted molar refractivity (Wildman–Crippen MR) is 98.4 cm³/mol. The van der Waals surface area contributed by atoms with Crippen molar-refractivity contribution in [2.75, 3.05) is 0 Å². The minimum Gasteiger partial charge on any atom is -0.479 e. The molecule has 0 atom stereocenters. The Balaban J connectivity index is 1.78. The second-order valence-electron chi connectivity index (χ2n) is 5.49. The summed E-state index contributed by atoms with van der Waals surface area (Å²) >= 11 is 3.42. The Labute approximate surface area is 147 Å². The van der Waals surface area contributed by atoms with E-state index in [1.54, 1.807) is 0 Å². The summed E-state index contributed by atoms with van der Waals surface area (Å²) in [6.45, 7) is 1.94. The van der Waals surface area contributed by atoms with E-state index in [1.165, 1.54) is 0 Å². The zero-order valence-electron chi connectivity index (χ0n) is 12.8. The van der Waals surface area contributed by atoms with Crippen LogP contribution in [0.1, 0.15) is 18.2 Å². The zero-order chi connectivity index (χ0) is 16.7. The monoisotopic (exact) mass is 380 g/mol. The lowest BCUT2D eigenvalue weighted by Gasteiger charge is -1.99. The van der Waals surface area contributed by atoms with Crippen LogP contribution < -0.4 is 0 Å². The van der Waals surface area contributed by atoms with Crippen molar-refractivity contribution >= 4 is 39.0 Å². The maximum Gasteiger partial charge on any atom is 0.310 e. The van der Waals surface area contributed by atoms with Gasteiger partial charge in [-0.3, -0.25) is 4.99 Å². The SMILES string of the molecule is CC1=Nc2ccccc2C1=Cc1nc(-c2cccc(Br)c2)oc1O.